The van der Waals surface area contributed by atoms with Crippen molar-refractivity contribution in [1.29, 1.82) is 0 Å². The van der Waals surface area contributed by atoms with E-state index in [0.29, 0.717) is 12.3 Å². The van der Waals surface area contributed by atoms with Gasteiger partial charge in [-0.15, -0.1) is 0 Å². The minimum Gasteiger partial charge on any atom is -0.361 e. The zero-order chi connectivity index (χ0) is 9.84. The topological polar surface area (TPSA) is 43.1 Å². The summed E-state index contributed by atoms with van der Waals surface area (Å²) in [4.78, 5) is 10.4. The molecule has 13 heavy (non-hydrogen) atoms. The lowest BCUT2D eigenvalue weighted by atomic mass is 9.90. The molecule has 0 aromatic carbocycles. The van der Waals surface area contributed by atoms with Crippen LogP contribution in [0.1, 0.15) is 37.6 Å². The molecule has 1 heterocycles. The van der Waals surface area contributed by atoms with E-state index < -0.39 is 0 Å². The van der Waals surface area contributed by atoms with Gasteiger partial charge in [0.2, 0.25) is 0 Å². The van der Waals surface area contributed by atoms with Gasteiger partial charge in [0.15, 0.2) is 0 Å². The molecule has 3 nitrogen and oxygen atoms in total. The van der Waals surface area contributed by atoms with E-state index in [1.54, 1.807) is 0 Å². The molecule has 1 rings (SSSR count). The number of hydrogen-bond acceptors (Lipinski definition) is 3. The van der Waals surface area contributed by atoms with Crippen molar-refractivity contribution in [2.45, 2.75) is 33.1 Å². The van der Waals surface area contributed by atoms with Gasteiger partial charge in [0.05, 0.1) is 5.69 Å². The second-order valence-electron chi connectivity index (χ2n) is 3.62. The summed E-state index contributed by atoms with van der Waals surface area (Å²) in [6.07, 6.45) is 1.46. The predicted molar refractivity (Wildman–Crippen MR) is 49.5 cm³/mol. The molecule has 0 amide bonds. The van der Waals surface area contributed by atoms with E-state index in [4.69, 9.17) is 4.52 Å². The van der Waals surface area contributed by atoms with E-state index in [0.717, 1.165) is 17.7 Å². The molecule has 72 valence electrons. The lowest BCUT2D eigenvalue weighted by Crippen LogP contribution is -2.07. The van der Waals surface area contributed by atoms with E-state index in [1.165, 1.54) is 0 Å². The Kier molecular flexibility index (Phi) is 3.23. The fourth-order valence-corrected chi connectivity index (χ4v) is 1.40. The number of carbonyl (C=O) groups is 1. The highest BCUT2D eigenvalue weighted by Crippen LogP contribution is 2.26. The molecule has 0 aliphatic rings. The lowest BCUT2D eigenvalue weighted by Gasteiger charge is -2.14. The predicted octanol–water partition coefficient (Wildman–Crippen LogP) is 2.31. The van der Waals surface area contributed by atoms with Crippen molar-refractivity contribution < 1.29 is 9.32 Å². The Balaban J connectivity index is 2.81. The molecule has 0 aliphatic heterocycles. The van der Waals surface area contributed by atoms with Gasteiger partial charge in [0, 0.05) is 18.4 Å². The van der Waals surface area contributed by atoms with Crippen LogP contribution in [0.3, 0.4) is 0 Å². The molecule has 0 saturated heterocycles. The van der Waals surface area contributed by atoms with E-state index in [2.05, 4.69) is 19.0 Å². The van der Waals surface area contributed by atoms with Crippen LogP contribution in [0.5, 0.6) is 0 Å². The molecule has 1 atom stereocenters. The molecule has 0 radical (unpaired) electrons. The Hall–Kier alpha value is -1.12. The highest BCUT2D eigenvalue weighted by Gasteiger charge is 2.18. The Labute approximate surface area is 78.1 Å². The van der Waals surface area contributed by atoms with Crippen molar-refractivity contribution in [3.63, 3.8) is 0 Å². The van der Waals surface area contributed by atoms with Gasteiger partial charge in [0.25, 0.3) is 0 Å². The Morgan fingerprint density at radius 2 is 2.31 bits per heavy atom. The van der Waals surface area contributed by atoms with Crippen LogP contribution in [0.4, 0.5) is 0 Å². The summed E-state index contributed by atoms with van der Waals surface area (Å²) >= 11 is 0. The summed E-state index contributed by atoms with van der Waals surface area (Å²) in [5, 5.41) is 3.92. The van der Waals surface area contributed by atoms with Gasteiger partial charge < -0.3 is 9.32 Å². The summed E-state index contributed by atoms with van der Waals surface area (Å²) in [6, 6.07) is 1.90. The van der Waals surface area contributed by atoms with Crippen LogP contribution in [-0.2, 0) is 4.79 Å². The van der Waals surface area contributed by atoms with Gasteiger partial charge >= 0.3 is 0 Å². The summed E-state index contributed by atoms with van der Waals surface area (Å²) in [6.45, 7) is 6.02. The monoisotopic (exact) mass is 181 g/mol. The van der Waals surface area contributed by atoms with Gasteiger partial charge in [0.1, 0.15) is 12.0 Å². The molecule has 0 fully saturated rings. The molecule has 0 spiro atoms. The SMILES string of the molecule is Cc1cc(C(CC=O)C(C)C)no1. The van der Waals surface area contributed by atoms with Gasteiger partial charge in [-0.3, -0.25) is 0 Å². The smallest absolute Gasteiger partial charge is 0.133 e. The third kappa shape index (κ3) is 2.41. The Morgan fingerprint density at radius 3 is 2.69 bits per heavy atom. The van der Waals surface area contributed by atoms with Crippen LogP contribution in [0, 0.1) is 12.8 Å². The quantitative estimate of drug-likeness (QED) is 0.669. The molecule has 0 N–H and O–H groups in total. The molecule has 1 aromatic heterocycles. The van der Waals surface area contributed by atoms with Crippen LogP contribution in [0.25, 0.3) is 0 Å². The Morgan fingerprint density at radius 1 is 1.62 bits per heavy atom. The van der Waals surface area contributed by atoms with Crippen molar-refractivity contribution in [2.75, 3.05) is 0 Å². The molecule has 0 bridgehead atoms. The molecule has 1 aromatic rings. The van der Waals surface area contributed by atoms with Gasteiger partial charge in [-0.2, -0.15) is 0 Å². The van der Waals surface area contributed by atoms with Crippen LogP contribution in [-0.4, -0.2) is 11.4 Å². The molecule has 3 heteroatoms. The second-order valence-corrected chi connectivity index (χ2v) is 3.62. The maximum atomic E-state index is 10.4. The zero-order valence-corrected chi connectivity index (χ0v) is 8.28. The van der Waals surface area contributed by atoms with E-state index >= 15 is 0 Å². The Bertz CT molecular complexity index is 278. The summed E-state index contributed by atoms with van der Waals surface area (Å²) in [5.41, 5.74) is 0.889. The number of rotatable bonds is 4. The van der Waals surface area contributed by atoms with Gasteiger partial charge in [-0.05, 0) is 12.8 Å². The van der Waals surface area contributed by atoms with E-state index in [9.17, 15) is 4.79 Å². The number of nitrogens with zero attached hydrogens (tertiary/aromatic N) is 1. The van der Waals surface area contributed by atoms with Crippen LogP contribution < -0.4 is 0 Å². The largest absolute Gasteiger partial charge is 0.361 e. The standard InChI is InChI=1S/C10H15NO2/c1-7(2)9(4-5-12)10-6-8(3)13-11-10/h5-7,9H,4H2,1-3H3. The summed E-state index contributed by atoms with van der Waals surface area (Å²) in [7, 11) is 0. The molecule has 0 aliphatic carbocycles. The first-order valence-electron chi connectivity index (χ1n) is 4.52. The number of aryl methyl sites for hydroxylation is 1. The van der Waals surface area contributed by atoms with Crippen LogP contribution >= 0.6 is 0 Å². The summed E-state index contributed by atoms with van der Waals surface area (Å²) < 4.78 is 4.98. The first-order valence-corrected chi connectivity index (χ1v) is 4.52. The highest BCUT2D eigenvalue weighted by molar-refractivity contribution is 5.51. The average molecular weight is 181 g/mol. The average Bonchev–Trinajstić information content (AvgIpc) is 2.46. The first kappa shape index (κ1) is 9.96. The first-order chi connectivity index (χ1) is 6.15. The zero-order valence-electron chi connectivity index (χ0n) is 8.28. The van der Waals surface area contributed by atoms with Crippen molar-refractivity contribution in [3.05, 3.63) is 17.5 Å². The normalized spacial score (nSPS) is 13.2. The third-order valence-corrected chi connectivity index (χ3v) is 2.18. The van der Waals surface area contributed by atoms with Gasteiger partial charge in [-0.25, -0.2) is 0 Å². The number of hydrogen-bond donors (Lipinski definition) is 0. The minimum atomic E-state index is 0.190. The molecular weight excluding hydrogens is 166 g/mol. The molecular formula is C10H15NO2. The minimum absolute atomic E-state index is 0.190. The number of aldehydes is 1. The second kappa shape index (κ2) is 4.21. The van der Waals surface area contributed by atoms with Crippen molar-refractivity contribution in [3.8, 4) is 0 Å². The van der Waals surface area contributed by atoms with Crippen molar-refractivity contribution in [2.24, 2.45) is 5.92 Å². The molecule has 1 unspecified atom stereocenters. The van der Waals surface area contributed by atoms with Crippen molar-refractivity contribution >= 4 is 6.29 Å². The number of carbonyl (C=O) groups excluding carboxylic acids is 1. The maximum Gasteiger partial charge on any atom is 0.133 e. The maximum absolute atomic E-state index is 10.4. The van der Waals surface area contributed by atoms with E-state index in [-0.39, 0.29) is 5.92 Å². The van der Waals surface area contributed by atoms with Gasteiger partial charge in [-0.1, -0.05) is 19.0 Å². The van der Waals surface area contributed by atoms with Crippen LogP contribution in [0.15, 0.2) is 10.6 Å². The lowest BCUT2D eigenvalue weighted by molar-refractivity contribution is -0.108. The number of aromatic nitrogens is 1. The summed E-state index contributed by atoms with van der Waals surface area (Å²) in [5.74, 6) is 1.40. The third-order valence-electron chi connectivity index (χ3n) is 2.18. The van der Waals surface area contributed by atoms with Crippen LogP contribution in [0.2, 0.25) is 0 Å². The van der Waals surface area contributed by atoms with E-state index in [1.807, 2.05) is 13.0 Å². The highest BCUT2D eigenvalue weighted by atomic mass is 16.5. The fraction of sp³-hybridized carbons (Fsp3) is 0.600. The van der Waals surface area contributed by atoms with Crippen molar-refractivity contribution in [1.82, 2.24) is 5.16 Å². The fourth-order valence-electron chi connectivity index (χ4n) is 1.40. The molecule has 0 saturated carbocycles.